The summed E-state index contributed by atoms with van der Waals surface area (Å²) in [6.45, 7) is 0. The average Bonchev–Trinajstić information content (AvgIpc) is 2.90. The standard InChI is InChI=1S/C12H15N3O2/c1-13-10(11-4-3-5-17-11)6-9-7-12(16-2)15-8-14-9/h3-5,7-8,10,13H,6H2,1-2H3. The number of hydrogen-bond donors (Lipinski definition) is 1. The highest BCUT2D eigenvalue weighted by Gasteiger charge is 2.13. The molecule has 90 valence electrons. The van der Waals surface area contributed by atoms with Gasteiger partial charge in [0.1, 0.15) is 12.1 Å². The van der Waals surface area contributed by atoms with E-state index in [2.05, 4.69) is 15.3 Å². The third-order valence-electron chi connectivity index (χ3n) is 2.56. The molecule has 0 aliphatic heterocycles. The van der Waals surface area contributed by atoms with Crippen molar-refractivity contribution < 1.29 is 9.15 Å². The number of hydrogen-bond acceptors (Lipinski definition) is 5. The quantitative estimate of drug-likeness (QED) is 0.849. The number of furan rings is 1. The molecule has 5 nitrogen and oxygen atoms in total. The average molecular weight is 233 g/mol. The summed E-state index contributed by atoms with van der Waals surface area (Å²) in [5.41, 5.74) is 0.910. The lowest BCUT2D eigenvalue weighted by molar-refractivity contribution is 0.393. The van der Waals surface area contributed by atoms with Gasteiger partial charge in [0.25, 0.3) is 0 Å². The first kappa shape index (κ1) is 11.6. The van der Waals surface area contributed by atoms with Crippen molar-refractivity contribution in [2.75, 3.05) is 14.2 Å². The van der Waals surface area contributed by atoms with Crippen molar-refractivity contribution in [2.24, 2.45) is 0 Å². The largest absolute Gasteiger partial charge is 0.481 e. The van der Waals surface area contributed by atoms with E-state index in [1.165, 1.54) is 6.33 Å². The van der Waals surface area contributed by atoms with E-state index in [0.717, 1.165) is 17.9 Å². The third-order valence-corrected chi connectivity index (χ3v) is 2.56. The van der Waals surface area contributed by atoms with E-state index in [9.17, 15) is 0 Å². The fourth-order valence-electron chi connectivity index (χ4n) is 1.64. The highest BCUT2D eigenvalue weighted by Crippen LogP contribution is 2.18. The Morgan fingerprint density at radius 1 is 1.47 bits per heavy atom. The molecule has 17 heavy (non-hydrogen) atoms. The van der Waals surface area contributed by atoms with Gasteiger partial charge < -0.3 is 14.5 Å². The second-order valence-electron chi connectivity index (χ2n) is 3.61. The summed E-state index contributed by atoms with van der Waals surface area (Å²) in [5.74, 6) is 1.47. The Balaban J connectivity index is 2.13. The Bertz CT molecular complexity index is 457. The van der Waals surface area contributed by atoms with E-state index in [1.54, 1.807) is 13.4 Å². The van der Waals surface area contributed by atoms with Crippen molar-refractivity contribution >= 4 is 0 Å². The minimum Gasteiger partial charge on any atom is -0.481 e. The predicted octanol–water partition coefficient (Wildman–Crippen LogP) is 1.58. The first-order valence-electron chi connectivity index (χ1n) is 5.39. The van der Waals surface area contributed by atoms with Crippen molar-refractivity contribution in [3.05, 3.63) is 42.2 Å². The fourth-order valence-corrected chi connectivity index (χ4v) is 1.64. The molecule has 0 spiro atoms. The summed E-state index contributed by atoms with van der Waals surface area (Å²) in [7, 11) is 3.49. The molecule has 0 saturated heterocycles. The number of nitrogens with one attached hydrogen (secondary N) is 1. The Morgan fingerprint density at radius 2 is 2.35 bits per heavy atom. The molecule has 0 aliphatic carbocycles. The molecule has 1 atom stereocenters. The number of nitrogens with zero attached hydrogens (tertiary/aromatic N) is 2. The first-order chi connectivity index (χ1) is 8.33. The zero-order valence-corrected chi connectivity index (χ0v) is 9.88. The van der Waals surface area contributed by atoms with E-state index >= 15 is 0 Å². The number of ether oxygens (including phenoxy) is 1. The van der Waals surface area contributed by atoms with Crippen LogP contribution in [-0.4, -0.2) is 24.1 Å². The molecular formula is C12H15N3O2. The maximum atomic E-state index is 5.38. The van der Waals surface area contributed by atoms with Gasteiger partial charge in [0, 0.05) is 18.2 Å². The van der Waals surface area contributed by atoms with Crippen LogP contribution in [0.1, 0.15) is 17.5 Å². The van der Waals surface area contributed by atoms with Crippen molar-refractivity contribution in [3.8, 4) is 5.88 Å². The van der Waals surface area contributed by atoms with Crippen LogP contribution in [0, 0.1) is 0 Å². The molecule has 0 aliphatic rings. The minimum atomic E-state index is 0.101. The van der Waals surface area contributed by atoms with Crippen molar-refractivity contribution in [1.29, 1.82) is 0 Å². The van der Waals surface area contributed by atoms with E-state index in [-0.39, 0.29) is 6.04 Å². The van der Waals surface area contributed by atoms with Gasteiger partial charge in [-0.25, -0.2) is 9.97 Å². The van der Waals surface area contributed by atoms with E-state index in [4.69, 9.17) is 9.15 Å². The molecule has 1 unspecified atom stereocenters. The van der Waals surface area contributed by atoms with Crippen LogP contribution in [0.5, 0.6) is 5.88 Å². The van der Waals surface area contributed by atoms with Gasteiger partial charge in [0.15, 0.2) is 0 Å². The maximum Gasteiger partial charge on any atom is 0.216 e. The van der Waals surface area contributed by atoms with Gasteiger partial charge in [-0.3, -0.25) is 0 Å². The predicted molar refractivity (Wildman–Crippen MR) is 62.8 cm³/mol. The Hall–Kier alpha value is -1.88. The highest BCUT2D eigenvalue weighted by atomic mass is 16.5. The zero-order valence-electron chi connectivity index (χ0n) is 9.88. The Labute approximate surface area is 99.8 Å². The summed E-state index contributed by atoms with van der Waals surface area (Å²) < 4.78 is 10.4. The molecule has 2 rings (SSSR count). The summed E-state index contributed by atoms with van der Waals surface area (Å²) in [6, 6.07) is 5.75. The maximum absolute atomic E-state index is 5.38. The molecular weight excluding hydrogens is 218 g/mol. The summed E-state index contributed by atoms with van der Waals surface area (Å²) in [5, 5.41) is 3.20. The molecule has 5 heteroatoms. The number of methoxy groups -OCH3 is 1. The van der Waals surface area contributed by atoms with Crippen LogP contribution >= 0.6 is 0 Å². The second kappa shape index (κ2) is 5.45. The molecule has 0 bridgehead atoms. The summed E-state index contributed by atoms with van der Waals surface area (Å²) in [4.78, 5) is 8.19. The van der Waals surface area contributed by atoms with Crippen LogP contribution in [0.25, 0.3) is 0 Å². The molecule has 0 saturated carbocycles. The Morgan fingerprint density at radius 3 is 3.00 bits per heavy atom. The van der Waals surface area contributed by atoms with Gasteiger partial charge in [-0.1, -0.05) is 0 Å². The van der Waals surface area contributed by atoms with Gasteiger partial charge in [0.2, 0.25) is 5.88 Å². The number of likely N-dealkylation sites (N-methyl/N-ethyl adjacent to an activating group) is 1. The van der Waals surface area contributed by atoms with E-state index in [1.807, 2.05) is 25.2 Å². The SMILES string of the molecule is CNC(Cc1cc(OC)ncn1)c1ccco1. The van der Waals surface area contributed by atoms with Gasteiger partial charge in [-0.15, -0.1) is 0 Å². The number of aromatic nitrogens is 2. The Kier molecular flexibility index (Phi) is 3.72. The molecule has 1 N–H and O–H groups in total. The third kappa shape index (κ3) is 2.82. The summed E-state index contributed by atoms with van der Waals surface area (Å²) >= 11 is 0. The van der Waals surface area contributed by atoms with Crippen LogP contribution in [0.2, 0.25) is 0 Å². The second-order valence-corrected chi connectivity index (χ2v) is 3.61. The van der Waals surface area contributed by atoms with Crippen LogP contribution in [0.4, 0.5) is 0 Å². The lowest BCUT2D eigenvalue weighted by Crippen LogP contribution is -2.18. The van der Waals surface area contributed by atoms with Crippen LogP contribution in [-0.2, 0) is 6.42 Å². The monoisotopic (exact) mass is 233 g/mol. The van der Waals surface area contributed by atoms with Crippen molar-refractivity contribution in [3.63, 3.8) is 0 Å². The molecule has 0 aromatic carbocycles. The van der Waals surface area contributed by atoms with Crippen LogP contribution in [0.15, 0.2) is 35.2 Å². The smallest absolute Gasteiger partial charge is 0.216 e. The molecule has 2 aromatic heterocycles. The van der Waals surface area contributed by atoms with Gasteiger partial charge >= 0.3 is 0 Å². The molecule has 2 aromatic rings. The van der Waals surface area contributed by atoms with E-state index < -0.39 is 0 Å². The molecule has 0 fully saturated rings. The van der Waals surface area contributed by atoms with Crippen LogP contribution in [0.3, 0.4) is 0 Å². The van der Waals surface area contributed by atoms with Crippen molar-refractivity contribution in [1.82, 2.24) is 15.3 Å². The first-order valence-corrected chi connectivity index (χ1v) is 5.39. The molecule has 2 heterocycles. The fraction of sp³-hybridized carbons (Fsp3) is 0.333. The topological polar surface area (TPSA) is 60.2 Å². The highest BCUT2D eigenvalue weighted by molar-refractivity contribution is 5.16. The van der Waals surface area contributed by atoms with E-state index in [0.29, 0.717) is 5.88 Å². The van der Waals surface area contributed by atoms with Gasteiger partial charge in [-0.2, -0.15) is 0 Å². The lowest BCUT2D eigenvalue weighted by Gasteiger charge is -2.13. The van der Waals surface area contributed by atoms with Gasteiger partial charge in [-0.05, 0) is 19.2 Å². The summed E-state index contributed by atoms with van der Waals surface area (Å²) in [6.07, 6.45) is 3.89. The molecule has 0 amide bonds. The zero-order chi connectivity index (χ0) is 12.1. The normalized spacial score (nSPS) is 12.4. The minimum absolute atomic E-state index is 0.101. The van der Waals surface area contributed by atoms with Gasteiger partial charge in [0.05, 0.1) is 19.4 Å². The molecule has 0 radical (unpaired) electrons. The van der Waals surface area contributed by atoms with Crippen LogP contribution < -0.4 is 10.1 Å². The number of rotatable bonds is 5. The van der Waals surface area contributed by atoms with Crippen molar-refractivity contribution in [2.45, 2.75) is 12.5 Å². The lowest BCUT2D eigenvalue weighted by atomic mass is 10.1.